The lowest BCUT2D eigenvalue weighted by atomic mass is 10.1. The van der Waals surface area contributed by atoms with Gasteiger partial charge in [0.05, 0.1) is 0 Å². The van der Waals surface area contributed by atoms with Gasteiger partial charge in [-0.2, -0.15) is 0 Å². The monoisotopic (exact) mass is 202 g/mol. The lowest BCUT2D eigenvalue weighted by Crippen LogP contribution is -1.92. The van der Waals surface area contributed by atoms with Crippen LogP contribution in [0.3, 0.4) is 0 Å². The van der Waals surface area contributed by atoms with Gasteiger partial charge < -0.3 is 4.42 Å². The third kappa shape index (κ3) is 1.56. The molecule has 0 radical (unpaired) electrons. The van der Waals surface area contributed by atoms with E-state index in [9.17, 15) is 4.79 Å². The first-order valence-electron chi connectivity index (χ1n) is 5.16. The average molecular weight is 202 g/mol. The quantitative estimate of drug-likeness (QED) is 0.696. The molecule has 0 saturated heterocycles. The Labute approximate surface area is 88.9 Å². The van der Waals surface area contributed by atoms with Crippen LogP contribution in [0.4, 0.5) is 0 Å². The van der Waals surface area contributed by atoms with Gasteiger partial charge in [-0.3, -0.25) is 4.79 Å². The Morgan fingerprint density at radius 3 is 2.53 bits per heavy atom. The molecule has 0 unspecified atom stereocenters. The van der Waals surface area contributed by atoms with Crippen molar-refractivity contribution in [1.82, 2.24) is 0 Å². The summed E-state index contributed by atoms with van der Waals surface area (Å²) in [5, 5.41) is 1.05. The summed E-state index contributed by atoms with van der Waals surface area (Å²) in [6.45, 7) is 5.86. The Bertz CT molecular complexity index is 482. The molecule has 78 valence electrons. The minimum Gasteiger partial charge on any atom is -0.453 e. The van der Waals surface area contributed by atoms with Crippen molar-refractivity contribution >= 4 is 16.8 Å². The van der Waals surface area contributed by atoms with Gasteiger partial charge in [0, 0.05) is 11.8 Å². The van der Waals surface area contributed by atoms with E-state index in [2.05, 4.69) is 0 Å². The Morgan fingerprint density at radius 2 is 1.93 bits per heavy atom. The van der Waals surface area contributed by atoms with Crippen molar-refractivity contribution in [3.63, 3.8) is 0 Å². The highest BCUT2D eigenvalue weighted by Crippen LogP contribution is 2.26. The predicted molar refractivity (Wildman–Crippen MR) is 60.3 cm³/mol. The summed E-state index contributed by atoms with van der Waals surface area (Å²) in [5.74, 6) is 0.537. The second kappa shape index (κ2) is 3.54. The van der Waals surface area contributed by atoms with Gasteiger partial charge in [-0.05, 0) is 31.0 Å². The van der Waals surface area contributed by atoms with Gasteiger partial charge in [0.2, 0.25) is 0 Å². The van der Waals surface area contributed by atoms with Crippen molar-refractivity contribution in [1.29, 1.82) is 0 Å². The molecular weight excluding hydrogens is 188 g/mol. The summed E-state index contributed by atoms with van der Waals surface area (Å²) in [6.07, 6.45) is 0.484. The maximum absolute atomic E-state index is 11.5. The third-order valence-corrected chi connectivity index (χ3v) is 2.69. The molecule has 15 heavy (non-hydrogen) atoms. The van der Waals surface area contributed by atoms with Crippen LogP contribution in [0.5, 0.6) is 0 Å². The van der Waals surface area contributed by atoms with E-state index in [1.165, 1.54) is 0 Å². The van der Waals surface area contributed by atoms with Crippen molar-refractivity contribution in [2.75, 3.05) is 0 Å². The molecule has 0 saturated carbocycles. The molecule has 2 aromatic rings. The van der Waals surface area contributed by atoms with E-state index >= 15 is 0 Å². The van der Waals surface area contributed by atoms with Crippen LogP contribution in [-0.2, 0) is 0 Å². The summed E-state index contributed by atoms with van der Waals surface area (Å²) >= 11 is 0. The van der Waals surface area contributed by atoms with Crippen molar-refractivity contribution in [2.24, 2.45) is 0 Å². The van der Waals surface area contributed by atoms with Crippen molar-refractivity contribution in [2.45, 2.75) is 27.2 Å². The van der Waals surface area contributed by atoms with E-state index in [1.807, 2.05) is 39.0 Å². The number of carbonyl (C=O) groups excluding carboxylic acids is 1. The molecule has 0 aliphatic carbocycles. The van der Waals surface area contributed by atoms with Crippen LogP contribution >= 0.6 is 0 Å². The number of rotatable bonds is 2. The van der Waals surface area contributed by atoms with Crippen LogP contribution in [0.25, 0.3) is 11.0 Å². The number of hydrogen-bond acceptors (Lipinski definition) is 2. The maximum Gasteiger partial charge on any atom is 0.197 e. The first-order valence-corrected chi connectivity index (χ1v) is 5.16. The summed E-state index contributed by atoms with van der Waals surface area (Å²) in [4.78, 5) is 11.5. The second-order valence-electron chi connectivity index (χ2n) is 3.83. The standard InChI is InChI=1S/C13H14O2/c1-4-11(14)12-7-10-8(2)5-6-9(3)13(10)15-12/h5-7H,4H2,1-3H3. The Hall–Kier alpha value is -1.57. The zero-order valence-electron chi connectivity index (χ0n) is 9.26. The molecule has 2 nitrogen and oxygen atoms in total. The smallest absolute Gasteiger partial charge is 0.197 e. The van der Waals surface area contributed by atoms with Gasteiger partial charge in [0.15, 0.2) is 11.5 Å². The highest BCUT2D eigenvalue weighted by atomic mass is 16.3. The zero-order valence-corrected chi connectivity index (χ0v) is 9.26. The number of Topliss-reactive ketones (excluding diaryl/α,β-unsaturated/α-hetero) is 1. The van der Waals surface area contributed by atoms with Crippen LogP contribution in [-0.4, -0.2) is 5.78 Å². The topological polar surface area (TPSA) is 30.2 Å². The van der Waals surface area contributed by atoms with Crippen LogP contribution in [0.15, 0.2) is 22.6 Å². The summed E-state index contributed by atoms with van der Waals surface area (Å²) in [6, 6.07) is 5.91. The predicted octanol–water partition coefficient (Wildman–Crippen LogP) is 3.64. The van der Waals surface area contributed by atoms with Gasteiger partial charge in [0.25, 0.3) is 0 Å². The SMILES string of the molecule is CCC(=O)c1cc2c(C)ccc(C)c2o1. The van der Waals surface area contributed by atoms with Crippen LogP contribution in [0.1, 0.15) is 35.0 Å². The van der Waals surface area contributed by atoms with Crippen molar-refractivity contribution < 1.29 is 9.21 Å². The largest absolute Gasteiger partial charge is 0.453 e. The van der Waals surface area contributed by atoms with Gasteiger partial charge in [-0.25, -0.2) is 0 Å². The van der Waals surface area contributed by atoms with Crippen LogP contribution < -0.4 is 0 Å². The van der Waals surface area contributed by atoms with Gasteiger partial charge in [0.1, 0.15) is 5.58 Å². The number of fused-ring (bicyclic) bond motifs is 1. The van der Waals surface area contributed by atoms with E-state index in [0.29, 0.717) is 12.2 Å². The fraction of sp³-hybridized carbons (Fsp3) is 0.308. The molecule has 0 amide bonds. The molecule has 0 aliphatic rings. The summed E-state index contributed by atoms with van der Waals surface area (Å²) in [7, 11) is 0. The highest BCUT2D eigenvalue weighted by molar-refractivity contribution is 5.98. The highest BCUT2D eigenvalue weighted by Gasteiger charge is 2.12. The van der Waals surface area contributed by atoms with Gasteiger partial charge >= 0.3 is 0 Å². The molecule has 1 heterocycles. The number of carbonyl (C=O) groups is 1. The van der Waals surface area contributed by atoms with E-state index in [1.54, 1.807) is 0 Å². The molecule has 1 aromatic carbocycles. The molecule has 0 fully saturated rings. The summed E-state index contributed by atoms with van der Waals surface area (Å²) < 4.78 is 5.58. The number of aryl methyl sites for hydroxylation is 2. The van der Waals surface area contributed by atoms with Crippen LogP contribution in [0, 0.1) is 13.8 Å². The van der Waals surface area contributed by atoms with E-state index in [-0.39, 0.29) is 5.78 Å². The molecule has 0 aliphatic heterocycles. The Morgan fingerprint density at radius 1 is 1.27 bits per heavy atom. The number of hydrogen-bond donors (Lipinski definition) is 0. The van der Waals surface area contributed by atoms with E-state index in [4.69, 9.17) is 4.42 Å². The lowest BCUT2D eigenvalue weighted by molar-refractivity contribution is 0.0963. The van der Waals surface area contributed by atoms with Crippen LogP contribution in [0.2, 0.25) is 0 Å². The average Bonchev–Trinajstić information content (AvgIpc) is 2.68. The fourth-order valence-corrected chi connectivity index (χ4v) is 1.70. The molecule has 2 rings (SSSR count). The van der Waals surface area contributed by atoms with Gasteiger partial charge in [-0.1, -0.05) is 19.1 Å². The molecule has 0 N–H and O–H groups in total. The Kier molecular flexibility index (Phi) is 2.35. The van der Waals surface area contributed by atoms with Crippen molar-refractivity contribution in [3.8, 4) is 0 Å². The second-order valence-corrected chi connectivity index (χ2v) is 3.83. The molecular formula is C13H14O2. The molecule has 2 heteroatoms. The number of furan rings is 1. The number of ketones is 1. The molecule has 0 bridgehead atoms. The minimum absolute atomic E-state index is 0.0602. The Balaban J connectivity index is 2.70. The maximum atomic E-state index is 11.5. The first kappa shape index (κ1) is 9.97. The van der Waals surface area contributed by atoms with E-state index < -0.39 is 0 Å². The fourth-order valence-electron chi connectivity index (χ4n) is 1.70. The minimum atomic E-state index is 0.0602. The van der Waals surface area contributed by atoms with Gasteiger partial charge in [-0.15, -0.1) is 0 Å². The number of benzene rings is 1. The third-order valence-electron chi connectivity index (χ3n) is 2.69. The molecule has 1 aromatic heterocycles. The summed E-state index contributed by atoms with van der Waals surface area (Å²) in [5.41, 5.74) is 3.06. The lowest BCUT2D eigenvalue weighted by Gasteiger charge is -1.96. The zero-order chi connectivity index (χ0) is 11.0. The van der Waals surface area contributed by atoms with E-state index in [0.717, 1.165) is 22.1 Å². The molecule has 0 spiro atoms. The normalized spacial score (nSPS) is 10.9. The van der Waals surface area contributed by atoms with Crippen molar-refractivity contribution in [3.05, 3.63) is 35.1 Å². The molecule has 0 atom stereocenters. The first-order chi connectivity index (χ1) is 7.13.